The van der Waals surface area contributed by atoms with E-state index in [9.17, 15) is 4.79 Å². The van der Waals surface area contributed by atoms with Gasteiger partial charge in [0.2, 0.25) is 5.89 Å². The van der Waals surface area contributed by atoms with Crippen LogP contribution in [0.5, 0.6) is 0 Å². The molecule has 3 heterocycles. The van der Waals surface area contributed by atoms with E-state index in [1.807, 2.05) is 37.3 Å². The van der Waals surface area contributed by atoms with Gasteiger partial charge in [-0.05, 0) is 34.9 Å². The third kappa shape index (κ3) is 5.36. The first-order valence-electron chi connectivity index (χ1n) is 10.4. The summed E-state index contributed by atoms with van der Waals surface area (Å²) >= 11 is 1.75. The van der Waals surface area contributed by atoms with Crippen molar-refractivity contribution in [3.05, 3.63) is 76.1 Å². The number of hydrogen-bond acceptors (Lipinski definition) is 6. The van der Waals surface area contributed by atoms with Crippen molar-refractivity contribution in [2.45, 2.75) is 26.6 Å². The van der Waals surface area contributed by atoms with Crippen molar-refractivity contribution in [2.24, 2.45) is 0 Å². The lowest BCUT2D eigenvalue weighted by atomic mass is 10.2. The summed E-state index contributed by atoms with van der Waals surface area (Å²) in [5, 5.41) is 4.35. The van der Waals surface area contributed by atoms with Crippen molar-refractivity contribution < 1.29 is 9.21 Å². The molecule has 158 valence electrons. The first-order chi connectivity index (χ1) is 14.7. The molecule has 0 spiro atoms. The number of nitrogens with zero attached hydrogens (tertiary/aromatic N) is 4. The Balaban J connectivity index is 1.29. The van der Waals surface area contributed by atoms with Gasteiger partial charge in [0.05, 0.1) is 6.54 Å². The van der Waals surface area contributed by atoms with Gasteiger partial charge in [-0.2, -0.15) is 11.3 Å². The molecule has 0 unspecified atom stereocenters. The molecule has 0 atom stereocenters. The van der Waals surface area contributed by atoms with Crippen LogP contribution in [0.1, 0.15) is 34.4 Å². The molecule has 2 aromatic heterocycles. The molecule has 0 radical (unpaired) electrons. The van der Waals surface area contributed by atoms with E-state index < -0.39 is 0 Å². The molecule has 1 aliphatic heterocycles. The van der Waals surface area contributed by atoms with Gasteiger partial charge in [0.15, 0.2) is 5.69 Å². The van der Waals surface area contributed by atoms with Gasteiger partial charge < -0.3 is 9.32 Å². The van der Waals surface area contributed by atoms with Gasteiger partial charge >= 0.3 is 0 Å². The second-order valence-electron chi connectivity index (χ2n) is 7.62. The number of carbonyl (C=O) groups is 1. The molecule has 1 amide bonds. The van der Waals surface area contributed by atoms with Crippen molar-refractivity contribution in [1.29, 1.82) is 0 Å². The summed E-state index contributed by atoms with van der Waals surface area (Å²) in [7, 11) is 0. The Morgan fingerprint density at radius 1 is 1.07 bits per heavy atom. The average molecular weight is 425 g/mol. The van der Waals surface area contributed by atoms with Crippen LogP contribution in [0.3, 0.4) is 0 Å². The van der Waals surface area contributed by atoms with Gasteiger partial charge in [-0.25, -0.2) is 4.98 Å². The fourth-order valence-electron chi connectivity index (χ4n) is 3.71. The number of aromatic nitrogens is 1. The number of rotatable bonds is 8. The van der Waals surface area contributed by atoms with Crippen molar-refractivity contribution in [3.8, 4) is 0 Å². The summed E-state index contributed by atoms with van der Waals surface area (Å²) in [4.78, 5) is 24.0. The second-order valence-corrected chi connectivity index (χ2v) is 8.40. The molecule has 7 heteroatoms. The van der Waals surface area contributed by atoms with E-state index in [1.54, 1.807) is 16.2 Å². The van der Waals surface area contributed by atoms with Crippen LogP contribution in [0.4, 0.5) is 0 Å². The molecule has 4 rings (SSSR count). The van der Waals surface area contributed by atoms with E-state index in [4.69, 9.17) is 4.42 Å². The number of benzene rings is 1. The largest absolute Gasteiger partial charge is 0.447 e. The van der Waals surface area contributed by atoms with Gasteiger partial charge in [0.1, 0.15) is 6.26 Å². The van der Waals surface area contributed by atoms with Crippen LogP contribution in [0.25, 0.3) is 0 Å². The Bertz CT molecular complexity index is 918. The van der Waals surface area contributed by atoms with Crippen LogP contribution >= 0.6 is 11.3 Å². The standard InChI is InChI=1S/C23H28N4O2S/c1-2-27(15-19-6-4-3-5-7-19)23(28)21-17-29-22(24-21)16-26-11-9-25(10-12-26)14-20-8-13-30-18-20/h3-8,13,17-18H,2,9-12,14-16H2,1H3. The monoisotopic (exact) mass is 424 g/mol. The normalized spacial score (nSPS) is 15.4. The third-order valence-electron chi connectivity index (χ3n) is 5.47. The molecular weight excluding hydrogens is 396 g/mol. The van der Waals surface area contributed by atoms with Gasteiger partial charge in [0.25, 0.3) is 5.91 Å². The molecule has 0 saturated carbocycles. The summed E-state index contributed by atoms with van der Waals surface area (Å²) in [5.74, 6) is 0.525. The Hall–Kier alpha value is -2.48. The number of amides is 1. The molecule has 30 heavy (non-hydrogen) atoms. The van der Waals surface area contributed by atoms with E-state index in [2.05, 4.69) is 31.6 Å². The van der Waals surface area contributed by atoms with Gasteiger partial charge in [-0.15, -0.1) is 0 Å². The molecular formula is C23H28N4O2S. The van der Waals surface area contributed by atoms with Crippen molar-refractivity contribution in [3.63, 3.8) is 0 Å². The van der Waals surface area contributed by atoms with Crippen LogP contribution in [0.15, 0.2) is 57.8 Å². The lowest BCUT2D eigenvalue weighted by Gasteiger charge is -2.33. The minimum atomic E-state index is -0.0862. The first kappa shape index (κ1) is 20.8. The molecule has 6 nitrogen and oxygen atoms in total. The molecule has 0 N–H and O–H groups in total. The summed E-state index contributed by atoms with van der Waals surface area (Å²) in [6, 6.07) is 12.2. The number of thiophene rings is 1. The third-order valence-corrected chi connectivity index (χ3v) is 6.20. The fraction of sp³-hybridized carbons (Fsp3) is 0.391. The molecule has 1 aliphatic rings. The fourth-order valence-corrected chi connectivity index (χ4v) is 4.37. The maximum absolute atomic E-state index is 12.9. The van der Waals surface area contributed by atoms with Gasteiger partial charge in [-0.3, -0.25) is 14.6 Å². The smallest absolute Gasteiger partial charge is 0.276 e. The quantitative estimate of drug-likeness (QED) is 0.552. The zero-order valence-corrected chi connectivity index (χ0v) is 18.2. The zero-order chi connectivity index (χ0) is 20.8. The van der Waals surface area contributed by atoms with Gasteiger partial charge in [-0.1, -0.05) is 30.3 Å². The average Bonchev–Trinajstić information content (AvgIpc) is 3.46. The van der Waals surface area contributed by atoms with E-state index >= 15 is 0 Å². The maximum Gasteiger partial charge on any atom is 0.276 e. The van der Waals surface area contributed by atoms with Crippen molar-refractivity contribution in [2.75, 3.05) is 32.7 Å². The summed E-state index contributed by atoms with van der Waals surface area (Å²) in [6.45, 7) is 8.86. The van der Waals surface area contributed by atoms with Crippen LogP contribution in [-0.2, 0) is 19.6 Å². The van der Waals surface area contributed by atoms with E-state index in [0.29, 0.717) is 31.2 Å². The number of hydrogen-bond donors (Lipinski definition) is 0. The van der Waals surface area contributed by atoms with Crippen LogP contribution in [-0.4, -0.2) is 58.3 Å². The Morgan fingerprint density at radius 2 is 1.80 bits per heavy atom. The number of carbonyl (C=O) groups excluding carboxylic acids is 1. The summed E-state index contributed by atoms with van der Waals surface area (Å²) in [5.41, 5.74) is 2.89. The Morgan fingerprint density at radius 3 is 2.47 bits per heavy atom. The SMILES string of the molecule is CCN(Cc1ccccc1)C(=O)c1coc(CN2CCN(Cc3ccsc3)CC2)n1. The second kappa shape index (κ2) is 10.0. The summed E-state index contributed by atoms with van der Waals surface area (Å²) < 4.78 is 5.63. The van der Waals surface area contributed by atoms with Crippen molar-refractivity contribution >= 4 is 17.2 Å². The van der Waals surface area contributed by atoms with E-state index in [0.717, 1.165) is 38.3 Å². The van der Waals surface area contributed by atoms with E-state index in [-0.39, 0.29) is 5.91 Å². The highest BCUT2D eigenvalue weighted by Crippen LogP contribution is 2.15. The molecule has 1 saturated heterocycles. The maximum atomic E-state index is 12.9. The lowest BCUT2D eigenvalue weighted by Crippen LogP contribution is -2.45. The lowest BCUT2D eigenvalue weighted by molar-refractivity contribution is 0.0746. The predicted octanol–water partition coefficient (Wildman–Crippen LogP) is 3.72. The van der Waals surface area contributed by atoms with Crippen LogP contribution < -0.4 is 0 Å². The predicted molar refractivity (Wildman–Crippen MR) is 118 cm³/mol. The molecule has 1 fully saturated rings. The van der Waals surface area contributed by atoms with Gasteiger partial charge in [0, 0.05) is 45.8 Å². The Kier molecular flexibility index (Phi) is 6.94. The highest BCUT2D eigenvalue weighted by Gasteiger charge is 2.22. The number of oxazole rings is 1. The Labute approximate surface area is 181 Å². The highest BCUT2D eigenvalue weighted by molar-refractivity contribution is 7.07. The topological polar surface area (TPSA) is 52.8 Å². The molecule has 1 aromatic carbocycles. The van der Waals surface area contributed by atoms with Crippen LogP contribution in [0, 0.1) is 0 Å². The van der Waals surface area contributed by atoms with Crippen LogP contribution in [0.2, 0.25) is 0 Å². The van der Waals surface area contributed by atoms with Crippen molar-refractivity contribution in [1.82, 2.24) is 19.7 Å². The minimum absolute atomic E-state index is 0.0862. The van der Waals surface area contributed by atoms with E-state index in [1.165, 1.54) is 11.8 Å². The highest BCUT2D eigenvalue weighted by atomic mass is 32.1. The molecule has 0 bridgehead atoms. The zero-order valence-electron chi connectivity index (χ0n) is 17.4. The summed E-state index contributed by atoms with van der Waals surface area (Å²) in [6.07, 6.45) is 1.50. The number of piperazine rings is 1. The molecule has 3 aromatic rings. The first-order valence-corrected chi connectivity index (χ1v) is 11.4. The minimum Gasteiger partial charge on any atom is -0.447 e. The molecule has 0 aliphatic carbocycles.